The summed E-state index contributed by atoms with van der Waals surface area (Å²) in [4.78, 5) is 12.6. The minimum absolute atomic E-state index is 0.0688. The molecule has 1 fully saturated rings. The zero-order valence-corrected chi connectivity index (χ0v) is 12.2. The van der Waals surface area contributed by atoms with E-state index in [1.54, 1.807) is 6.07 Å². The number of oxime groups is 1. The third-order valence-corrected chi connectivity index (χ3v) is 3.95. The van der Waals surface area contributed by atoms with Gasteiger partial charge in [0.05, 0.1) is 10.5 Å². The Balaban J connectivity index is 2.50. The van der Waals surface area contributed by atoms with Crippen molar-refractivity contribution in [3.05, 3.63) is 33.9 Å². The smallest absolute Gasteiger partial charge is 0.270 e. The van der Waals surface area contributed by atoms with Gasteiger partial charge in [0.2, 0.25) is 0 Å². The molecule has 1 aliphatic heterocycles. The molecule has 0 radical (unpaired) electrons. The highest BCUT2D eigenvalue weighted by Gasteiger charge is 2.30. The average molecular weight is 292 g/mol. The van der Waals surface area contributed by atoms with Gasteiger partial charge in [-0.25, -0.2) is 0 Å². The molecule has 21 heavy (non-hydrogen) atoms. The van der Waals surface area contributed by atoms with E-state index in [1.165, 1.54) is 12.1 Å². The molecule has 0 saturated carbocycles. The summed E-state index contributed by atoms with van der Waals surface area (Å²) in [5.74, 6) is 0.353. The largest absolute Gasteiger partial charge is 0.409 e. The number of anilines is 1. The Bertz CT molecular complexity index is 571. The number of non-ortho nitro benzene ring substituents is 1. The maximum atomic E-state index is 10.9. The summed E-state index contributed by atoms with van der Waals surface area (Å²) in [6.45, 7) is 5.17. The van der Waals surface area contributed by atoms with Gasteiger partial charge in [0.1, 0.15) is 0 Å². The average Bonchev–Trinajstić information content (AvgIpc) is 2.95. The molecule has 1 unspecified atom stereocenters. The SMILES string of the molecule is CC(C)C1CCCN1c1ccc([N+](=O)[O-])cc1C(N)=NO. The molecule has 1 saturated heterocycles. The molecule has 1 heterocycles. The third-order valence-electron chi connectivity index (χ3n) is 3.95. The van der Waals surface area contributed by atoms with Crippen molar-refractivity contribution >= 4 is 17.2 Å². The van der Waals surface area contributed by atoms with Gasteiger partial charge in [-0.2, -0.15) is 0 Å². The summed E-state index contributed by atoms with van der Waals surface area (Å²) in [5, 5.41) is 22.9. The lowest BCUT2D eigenvalue weighted by Crippen LogP contribution is -2.35. The van der Waals surface area contributed by atoms with Crippen molar-refractivity contribution in [1.29, 1.82) is 0 Å². The molecular weight excluding hydrogens is 272 g/mol. The minimum atomic E-state index is -0.484. The highest BCUT2D eigenvalue weighted by molar-refractivity contribution is 6.03. The third kappa shape index (κ3) is 2.91. The van der Waals surface area contributed by atoms with E-state index in [1.807, 2.05) is 0 Å². The molecule has 1 atom stereocenters. The first-order chi connectivity index (χ1) is 9.95. The Morgan fingerprint density at radius 2 is 2.29 bits per heavy atom. The Labute approximate surface area is 123 Å². The van der Waals surface area contributed by atoms with E-state index in [9.17, 15) is 10.1 Å². The number of nitrogens with two attached hydrogens (primary N) is 1. The van der Waals surface area contributed by atoms with Crippen molar-refractivity contribution in [2.75, 3.05) is 11.4 Å². The Morgan fingerprint density at radius 3 is 2.86 bits per heavy atom. The highest BCUT2D eigenvalue weighted by atomic mass is 16.6. The van der Waals surface area contributed by atoms with Gasteiger partial charge in [-0.15, -0.1) is 0 Å². The molecule has 0 spiro atoms. The van der Waals surface area contributed by atoms with E-state index in [0.29, 0.717) is 17.5 Å². The van der Waals surface area contributed by atoms with E-state index in [4.69, 9.17) is 10.9 Å². The van der Waals surface area contributed by atoms with Gasteiger partial charge < -0.3 is 15.8 Å². The first-order valence-electron chi connectivity index (χ1n) is 6.98. The van der Waals surface area contributed by atoms with Crippen LogP contribution >= 0.6 is 0 Å². The second-order valence-corrected chi connectivity index (χ2v) is 5.59. The number of rotatable bonds is 4. The van der Waals surface area contributed by atoms with Gasteiger partial charge >= 0.3 is 0 Å². The summed E-state index contributed by atoms with van der Waals surface area (Å²) in [5.41, 5.74) is 6.82. The molecule has 1 aromatic carbocycles. The highest BCUT2D eigenvalue weighted by Crippen LogP contribution is 2.33. The molecule has 2 rings (SSSR count). The van der Waals surface area contributed by atoms with Crippen LogP contribution in [-0.2, 0) is 0 Å². The molecule has 0 amide bonds. The van der Waals surface area contributed by atoms with E-state index >= 15 is 0 Å². The zero-order valence-electron chi connectivity index (χ0n) is 12.2. The normalized spacial score (nSPS) is 19.3. The van der Waals surface area contributed by atoms with Crippen LogP contribution in [0.15, 0.2) is 23.4 Å². The number of benzene rings is 1. The van der Waals surface area contributed by atoms with Gasteiger partial charge in [-0.3, -0.25) is 10.1 Å². The summed E-state index contributed by atoms with van der Waals surface area (Å²) < 4.78 is 0. The second-order valence-electron chi connectivity index (χ2n) is 5.59. The molecule has 0 aliphatic carbocycles. The zero-order chi connectivity index (χ0) is 15.6. The monoisotopic (exact) mass is 292 g/mol. The number of nitro groups is 1. The quantitative estimate of drug-likeness (QED) is 0.291. The second kappa shape index (κ2) is 5.99. The maximum Gasteiger partial charge on any atom is 0.270 e. The van der Waals surface area contributed by atoms with E-state index in [0.717, 1.165) is 25.1 Å². The van der Waals surface area contributed by atoms with Gasteiger partial charge in [0.15, 0.2) is 5.84 Å². The molecule has 0 aromatic heterocycles. The van der Waals surface area contributed by atoms with Crippen molar-refractivity contribution in [2.45, 2.75) is 32.7 Å². The lowest BCUT2D eigenvalue weighted by atomic mass is 10.0. The van der Waals surface area contributed by atoms with Crippen LogP contribution in [0.25, 0.3) is 0 Å². The number of hydrogen-bond donors (Lipinski definition) is 2. The summed E-state index contributed by atoms with van der Waals surface area (Å²) in [6.07, 6.45) is 2.14. The van der Waals surface area contributed by atoms with E-state index in [-0.39, 0.29) is 11.5 Å². The number of hydrogen-bond acceptors (Lipinski definition) is 5. The van der Waals surface area contributed by atoms with Gasteiger partial charge in [0, 0.05) is 30.4 Å². The van der Waals surface area contributed by atoms with Crippen LogP contribution in [0.3, 0.4) is 0 Å². The van der Waals surface area contributed by atoms with E-state index < -0.39 is 4.92 Å². The fourth-order valence-corrected chi connectivity index (χ4v) is 2.93. The predicted molar refractivity (Wildman–Crippen MR) is 80.8 cm³/mol. The standard InChI is InChI=1S/C14H20N4O3/c1-9(2)12-4-3-7-17(12)13-6-5-10(18(20)21)8-11(13)14(15)16-19/h5-6,8-9,12,19H,3-4,7H2,1-2H3,(H2,15,16). The molecular formula is C14H20N4O3. The predicted octanol–water partition coefficient (Wildman–Crippen LogP) is 2.31. The van der Waals surface area contributed by atoms with Crippen LogP contribution in [0.1, 0.15) is 32.3 Å². The molecule has 114 valence electrons. The lowest BCUT2D eigenvalue weighted by molar-refractivity contribution is -0.384. The summed E-state index contributed by atoms with van der Waals surface area (Å²) >= 11 is 0. The number of amidine groups is 1. The molecule has 3 N–H and O–H groups in total. The fourth-order valence-electron chi connectivity index (χ4n) is 2.93. The van der Waals surface area contributed by atoms with Gasteiger partial charge in [0.25, 0.3) is 5.69 Å². The topological polar surface area (TPSA) is 105 Å². The number of nitrogens with zero attached hydrogens (tertiary/aromatic N) is 3. The van der Waals surface area contributed by atoms with Crippen LogP contribution in [0.2, 0.25) is 0 Å². The molecule has 1 aliphatic rings. The van der Waals surface area contributed by atoms with E-state index in [2.05, 4.69) is 23.9 Å². The first kappa shape index (κ1) is 15.1. The maximum absolute atomic E-state index is 10.9. The van der Waals surface area contributed by atoms with Crippen LogP contribution < -0.4 is 10.6 Å². The van der Waals surface area contributed by atoms with Crippen molar-refractivity contribution in [3.63, 3.8) is 0 Å². The molecule has 0 bridgehead atoms. The minimum Gasteiger partial charge on any atom is -0.409 e. The van der Waals surface area contributed by atoms with Crippen LogP contribution in [-0.4, -0.2) is 28.6 Å². The Kier molecular flexibility index (Phi) is 4.30. The van der Waals surface area contributed by atoms with Crippen molar-refractivity contribution < 1.29 is 10.1 Å². The Morgan fingerprint density at radius 1 is 1.57 bits per heavy atom. The summed E-state index contributed by atoms with van der Waals surface area (Å²) in [6, 6.07) is 4.86. The van der Waals surface area contributed by atoms with Crippen molar-refractivity contribution in [2.24, 2.45) is 16.8 Å². The Hall–Kier alpha value is -2.31. The lowest BCUT2D eigenvalue weighted by Gasteiger charge is -2.31. The molecule has 7 heteroatoms. The van der Waals surface area contributed by atoms with Crippen LogP contribution in [0, 0.1) is 16.0 Å². The fraction of sp³-hybridized carbons (Fsp3) is 0.500. The van der Waals surface area contributed by atoms with Crippen LogP contribution in [0.5, 0.6) is 0 Å². The van der Waals surface area contributed by atoms with Crippen molar-refractivity contribution in [1.82, 2.24) is 0 Å². The van der Waals surface area contributed by atoms with Gasteiger partial charge in [-0.05, 0) is 24.8 Å². The first-order valence-corrected chi connectivity index (χ1v) is 6.98. The number of nitro benzene ring substituents is 1. The van der Waals surface area contributed by atoms with Crippen molar-refractivity contribution in [3.8, 4) is 0 Å². The molecule has 1 aromatic rings. The van der Waals surface area contributed by atoms with Crippen LogP contribution in [0.4, 0.5) is 11.4 Å². The summed E-state index contributed by atoms with van der Waals surface area (Å²) in [7, 11) is 0. The molecule has 7 nitrogen and oxygen atoms in total. The van der Waals surface area contributed by atoms with Gasteiger partial charge in [-0.1, -0.05) is 19.0 Å².